The third-order valence-corrected chi connectivity index (χ3v) is 7.48. The zero-order valence-corrected chi connectivity index (χ0v) is 27.2. The molecule has 4 aromatic rings. The van der Waals surface area contributed by atoms with Crippen molar-refractivity contribution in [2.45, 2.75) is 85.2 Å². The number of alkyl halides is 1. The van der Waals surface area contributed by atoms with E-state index < -0.39 is 5.54 Å². The van der Waals surface area contributed by atoms with Crippen molar-refractivity contribution >= 4 is 45.3 Å². The highest BCUT2D eigenvalue weighted by atomic mass is 35.5. The largest absolute Gasteiger partial charge is 0.508 e. The minimum absolute atomic E-state index is 0.0813. The van der Waals surface area contributed by atoms with Gasteiger partial charge in [0.15, 0.2) is 5.82 Å². The summed E-state index contributed by atoms with van der Waals surface area (Å²) >= 11 is 5.65. The highest BCUT2D eigenvalue weighted by Crippen LogP contribution is 2.35. The molecule has 0 aliphatic rings. The van der Waals surface area contributed by atoms with E-state index in [4.69, 9.17) is 27.1 Å². The number of nitrogens with two attached hydrogens (primary N) is 1. The first kappa shape index (κ1) is 33.9. The van der Waals surface area contributed by atoms with Crippen LogP contribution >= 0.6 is 11.6 Å². The van der Waals surface area contributed by atoms with Gasteiger partial charge in [0, 0.05) is 22.8 Å². The van der Waals surface area contributed by atoms with Crippen molar-refractivity contribution in [1.29, 1.82) is 0 Å². The van der Waals surface area contributed by atoms with Gasteiger partial charge < -0.3 is 30.6 Å². The summed E-state index contributed by atoms with van der Waals surface area (Å²) in [5, 5.41) is 24.4. The maximum absolute atomic E-state index is 11.8. The van der Waals surface area contributed by atoms with E-state index in [0.717, 1.165) is 47.1 Å². The van der Waals surface area contributed by atoms with E-state index in [1.54, 1.807) is 6.07 Å². The molecule has 9 nitrogen and oxygen atoms in total. The first-order chi connectivity index (χ1) is 20.3. The van der Waals surface area contributed by atoms with Gasteiger partial charge in [-0.2, -0.15) is 0 Å². The van der Waals surface area contributed by atoms with Gasteiger partial charge in [0.2, 0.25) is 5.91 Å². The number of hydrogen-bond acceptors (Lipinski definition) is 7. The van der Waals surface area contributed by atoms with Gasteiger partial charge in [0.25, 0.3) is 0 Å². The topological polar surface area (TPSA) is 136 Å². The number of nitrogen functional groups attached to an aromatic ring is 1. The Labute approximate surface area is 259 Å². The lowest BCUT2D eigenvalue weighted by molar-refractivity contribution is -0.121. The van der Waals surface area contributed by atoms with Crippen LogP contribution in [0.3, 0.4) is 0 Å². The summed E-state index contributed by atoms with van der Waals surface area (Å²) < 4.78 is 8.17. The summed E-state index contributed by atoms with van der Waals surface area (Å²) in [6.45, 7) is 15.2. The number of fused-ring (bicyclic) bond motifs is 3. The number of pyridine rings is 1. The van der Waals surface area contributed by atoms with Crippen LogP contribution in [0.25, 0.3) is 21.9 Å². The Morgan fingerprint density at radius 1 is 1.07 bits per heavy atom. The highest BCUT2D eigenvalue weighted by Gasteiger charge is 2.26. The van der Waals surface area contributed by atoms with Gasteiger partial charge in [-0.05, 0) is 56.2 Å². The number of phenolic OH excluding ortho intramolecular Hbond substituents is 2. The van der Waals surface area contributed by atoms with Gasteiger partial charge in [0.05, 0.1) is 36.3 Å². The fraction of sp³-hybridized carbons (Fsp3) is 0.485. The lowest BCUT2D eigenvalue weighted by Crippen LogP contribution is -2.48. The molecule has 10 heteroatoms. The summed E-state index contributed by atoms with van der Waals surface area (Å²) in [5.41, 5.74) is 9.32. The molecule has 5 N–H and O–H groups in total. The van der Waals surface area contributed by atoms with Crippen LogP contribution in [0, 0.1) is 0 Å². The van der Waals surface area contributed by atoms with Crippen molar-refractivity contribution in [1.82, 2.24) is 19.9 Å². The number of benzene rings is 2. The van der Waals surface area contributed by atoms with Gasteiger partial charge in [-0.3, -0.25) is 4.79 Å². The van der Waals surface area contributed by atoms with E-state index >= 15 is 0 Å². The molecule has 0 fully saturated rings. The number of carbonyl (C=O) groups is 1. The van der Waals surface area contributed by atoms with Gasteiger partial charge in [0.1, 0.15) is 28.7 Å². The van der Waals surface area contributed by atoms with Crippen molar-refractivity contribution in [2.75, 3.05) is 24.8 Å². The average Bonchev–Trinajstić information content (AvgIpc) is 3.33. The van der Waals surface area contributed by atoms with Crippen LogP contribution in [0.5, 0.6) is 11.5 Å². The molecule has 0 bridgehead atoms. The molecule has 2 aromatic carbocycles. The number of phenols is 2. The number of imidazole rings is 1. The fourth-order valence-corrected chi connectivity index (χ4v) is 5.10. The second kappa shape index (κ2) is 14.3. The zero-order chi connectivity index (χ0) is 31.9. The van der Waals surface area contributed by atoms with Crippen molar-refractivity contribution in [3.05, 3.63) is 53.3 Å². The molecule has 0 saturated heterocycles. The molecule has 4 rings (SSSR count). The summed E-state index contributed by atoms with van der Waals surface area (Å²) in [6.07, 6.45) is 2.68. The van der Waals surface area contributed by atoms with Gasteiger partial charge >= 0.3 is 0 Å². The molecule has 43 heavy (non-hydrogen) atoms. The minimum Gasteiger partial charge on any atom is -0.508 e. The number of nitrogens with one attached hydrogen (secondary N) is 1. The van der Waals surface area contributed by atoms with E-state index in [-0.39, 0.29) is 28.7 Å². The standard InChI is InChI=1S/C31H40ClN5O4.C2H6/c1-6-7-8-25-35-27-28(37(25)16-19-13-21(38)10-12-24(19)39)22-14-20(9-11-23(22)34-29(27)33)30(2,3)17-41-18-31(4,5)36-26(40)15-32;1-2/h9-14,38-39H,6-8,15-18H2,1-5H3,(H2,33,34)(H,36,40);1-2H3. The molecule has 0 radical (unpaired) electrons. The van der Waals surface area contributed by atoms with Crippen LogP contribution in [0.1, 0.15) is 78.3 Å². The monoisotopic (exact) mass is 611 g/mol. The maximum Gasteiger partial charge on any atom is 0.235 e. The fourth-order valence-electron chi connectivity index (χ4n) is 5.03. The summed E-state index contributed by atoms with van der Waals surface area (Å²) in [7, 11) is 0. The Morgan fingerprint density at radius 2 is 1.79 bits per heavy atom. The van der Waals surface area contributed by atoms with Crippen molar-refractivity contribution in [2.24, 2.45) is 0 Å². The van der Waals surface area contributed by atoms with Crippen molar-refractivity contribution < 1.29 is 19.7 Å². The molecule has 2 heterocycles. The number of aromatic hydroxyl groups is 2. The van der Waals surface area contributed by atoms with Crippen molar-refractivity contribution in [3.8, 4) is 11.5 Å². The van der Waals surface area contributed by atoms with Gasteiger partial charge in [-0.25, -0.2) is 9.97 Å². The molecule has 0 unspecified atom stereocenters. The lowest BCUT2D eigenvalue weighted by Gasteiger charge is -2.30. The number of unbranched alkanes of at least 4 members (excludes halogenated alkanes) is 1. The molecular weight excluding hydrogens is 566 g/mol. The molecule has 0 spiro atoms. The average molecular weight is 612 g/mol. The van der Waals surface area contributed by atoms with Crippen LogP contribution in [-0.4, -0.2) is 55.3 Å². The number of nitrogens with zero attached hydrogens (tertiary/aromatic N) is 3. The molecular formula is C33H46ClN5O4. The predicted octanol–water partition coefficient (Wildman–Crippen LogP) is 6.42. The van der Waals surface area contributed by atoms with E-state index in [0.29, 0.717) is 36.7 Å². The molecule has 0 aliphatic carbocycles. The van der Waals surface area contributed by atoms with Crippen LogP contribution in [0.2, 0.25) is 0 Å². The van der Waals surface area contributed by atoms with E-state index in [2.05, 4.69) is 41.7 Å². The van der Waals surface area contributed by atoms with Crippen LogP contribution < -0.4 is 11.1 Å². The third-order valence-electron chi connectivity index (χ3n) is 7.23. The smallest absolute Gasteiger partial charge is 0.235 e. The molecule has 0 aliphatic heterocycles. The quantitative estimate of drug-likeness (QED) is 0.107. The summed E-state index contributed by atoms with van der Waals surface area (Å²) in [4.78, 5) is 21.3. The number of rotatable bonds is 12. The third kappa shape index (κ3) is 8.09. The first-order valence-electron chi connectivity index (χ1n) is 14.9. The van der Waals surface area contributed by atoms with Gasteiger partial charge in [-0.1, -0.05) is 47.1 Å². The van der Waals surface area contributed by atoms with E-state index in [1.165, 1.54) is 12.1 Å². The molecule has 234 valence electrons. The second-order valence-corrected chi connectivity index (χ2v) is 12.2. The second-order valence-electron chi connectivity index (χ2n) is 11.9. The Kier molecular flexibility index (Phi) is 11.3. The van der Waals surface area contributed by atoms with Crippen LogP contribution in [0.15, 0.2) is 36.4 Å². The number of carbonyl (C=O) groups excluding carboxylic acids is 1. The minimum atomic E-state index is -0.558. The predicted molar refractivity (Wildman–Crippen MR) is 175 cm³/mol. The van der Waals surface area contributed by atoms with Gasteiger partial charge in [-0.15, -0.1) is 11.6 Å². The zero-order valence-electron chi connectivity index (χ0n) is 26.4. The number of aromatic nitrogens is 3. The number of amides is 1. The van der Waals surface area contributed by atoms with Crippen molar-refractivity contribution in [3.63, 3.8) is 0 Å². The molecule has 0 atom stereocenters. The van der Waals surface area contributed by atoms with E-state index in [9.17, 15) is 15.0 Å². The SMILES string of the molecule is CC.CCCCc1nc2c(N)nc3ccc(C(C)(C)COCC(C)(C)NC(=O)CCl)cc3c2n1Cc1cc(O)ccc1O. The molecule has 2 aromatic heterocycles. The lowest BCUT2D eigenvalue weighted by atomic mass is 9.84. The normalized spacial score (nSPS) is 11.9. The van der Waals surface area contributed by atoms with Crippen LogP contribution in [0.4, 0.5) is 5.82 Å². The molecule has 1 amide bonds. The molecule has 0 saturated carbocycles. The van der Waals surface area contributed by atoms with E-state index in [1.807, 2.05) is 39.8 Å². The number of aryl methyl sites for hydroxylation is 1. The summed E-state index contributed by atoms with van der Waals surface area (Å²) in [5.74, 6) is 1.04. The Bertz CT molecular complexity index is 1560. The van der Waals surface area contributed by atoms with Crippen LogP contribution in [-0.2, 0) is 27.9 Å². The number of anilines is 1. The Balaban J connectivity index is 0.00000248. The Morgan fingerprint density at radius 3 is 2.47 bits per heavy atom. The summed E-state index contributed by atoms with van der Waals surface area (Å²) in [6, 6.07) is 10.6. The number of halogens is 1. The Hall–Kier alpha value is -3.56. The first-order valence-corrected chi connectivity index (χ1v) is 15.4. The number of hydrogen-bond donors (Lipinski definition) is 4. The number of ether oxygens (including phenoxy) is 1. The maximum atomic E-state index is 11.8. The highest BCUT2D eigenvalue weighted by molar-refractivity contribution is 6.27.